The van der Waals surface area contributed by atoms with Crippen LogP contribution in [0.4, 0.5) is 0 Å². The van der Waals surface area contributed by atoms with E-state index in [1.807, 2.05) is 61.5 Å². The normalized spacial score (nSPS) is 15.3. The monoisotopic (exact) mass is 424 g/mol. The van der Waals surface area contributed by atoms with Gasteiger partial charge in [0, 0.05) is 26.2 Å². The number of nitrogens with zero attached hydrogens (tertiary/aromatic N) is 2. The molecule has 156 valence electrons. The number of carbonyl (C=O) groups excluding carboxylic acids is 1. The summed E-state index contributed by atoms with van der Waals surface area (Å²) in [5, 5.41) is 1.89. The maximum Gasteiger partial charge on any atom is 0.260 e. The van der Waals surface area contributed by atoms with Gasteiger partial charge in [0.25, 0.3) is 5.91 Å². The van der Waals surface area contributed by atoms with E-state index in [1.54, 1.807) is 17.0 Å². The molecule has 1 saturated heterocycles. The lowest BCUT2D eigenvalue weighted by Gasteiger charge is -2.34. The molecule has 0 atom stereocenters. The largest absolute Gasteiger partial charge is 0.484 e. The van der Waals surface area contributed by atoms with E-state index >= 15 is 0 Å². The smallest absolute Gasteiger partial charge is 0.260 e. The van der Waals surface area contributed by atoms with Gasteiger partial charge in [0.2, 0.25) is 10.0 Å². The fourth-order valence-corrected chi connectivity index (χ4v) is 5.05. The third-order valence-electron chi connectivity index (χ3n) is 5.30. The van der Waals surface area contributed by atoms with Crippen LogP contribution in [0.3, 0.4) is 0 Å². The summed E-state index contributed by atoms with van der Waals surface area (Å²) in [5.74, 6) is 0.514. The number of hydrogen-bond donors (Lipinski definition) is 0. The molecule has 0 spiro atoms. The van der Waals surface area contributed by atoms with E-state index in [-0.39, 0.29) is 30.5 Å². The Morgan fingerprint density at radius 2 is 1.63 bits per heavy atom. The van der Waals surface area contributed by atoms with Crippen LogP contribution < -0.4 is 4.74 Å². The van der Waals surface area contributed by atoms with Crippen molar-refractivity contribution in [3.05, 3.63) is 72.3 Å². The van der Waals surface area contributed by atoms with Gasteiger partial charge in [-0.3, -0.25) is 4.79 Å². The van der Waals surface area contributed by atoms with Crippen molar-refractivity contribution in [3.63, 3.8) is 0 Å². The molecule has 0 aromatic heterocycles. The molecule has 1 fully saturated rings. The van der Waals surface area contributed by atoms with E-state index in [0.717, 1.165) is 16.3 Å². The van der Waals surface area contributed by atoms with E-state index in [4.69, 9.17) is 4.74 Å². The third kappa shape index (κ3) is 4.32. The Balaban J connectivity index is 1.37. The number of amides is 1. The van der Waals surface area contributed by atoms with Gasteiger partial charge in [-0.2, -0.15) is 4.31 Å². The van der Waals surface area contributed by atoms with Gasteiger partial charge in [-0.05, 0) is 47.5 Å². The van der Waals surface area contributed by atoms with Crippen molar-refractivity contribution in [1.82, 2.24) is 9.21 Å². The minimum absolute atomic E-state index is 0.0547. The van der Waals surface area contributed by atoms with Crippen molar-refractivity contribution in [2.45, 2.75) is 11.8 Å². The van der Waals surface area contributed by atoms with Gasteiger partial charge >= 0.3 is 0 Å². The highest BCUT2D eigenvalue weighted by Gasteiger charge is 2.30. The molecule has 0 bridgehead atoms. The summed E-state index contributed by atoms with van der Waals surface area (Å²) in [4.78, 5) is 14.4. The van der Waals surface area contributed by atoms with Crippen molar-refractivity contribution >= 4 is 26.7 Å². The molecular formula is C23H24N2O4S. The number of rotatable bonds is 5. The topological polar surface area (TPSA) is 66.9 Å². The van der Waals surface area contributed by atoms with Crippen LogP contribution in [0.5, 0.6) is 5.75 Å². The molecule has 4 rings (SSSR count). The van der Waals surface area contributed by atoms with Gasteiger partial charge in [-0.25, -0.2) is 8.42 Å². The number of aryl methyl sites for hydroxylation is 1. The number of sulfonamides is 1. The molecule has 1 aliphatic heterocycles. The number of carbonyl (C=O) groups is 1. The molecule has 1 heterocycles. The molecule has 0 N–H and O–H groups in total. The first-order valence-electron chi connectivity index (χ1n) is 9.90. The van der Waals surface area contributed by atoms with Crippen LogP contribution in [0.2, 0.25) is 0 Å². The second kappa shape index (κ2) is 8.45. The van der Waals surface area contributed by atoms with E-state index < -0.39 is 10.0 Å². The van der Waals surface area contributed by atoms with Crippen LogP contribution in [0, 0.1) is 6.92 Å². The minimum Gasteiger partial charge on any atom is -0.484 e. The molecule has 0 unspecified atom stereocenters. The third-order valence-corrected chi connectivity index (χ3v) is 7.20. The molecule has 1 aliphatic rings. The zero-order valence-electron chi connectivity index (χ0n) is 16.8. The van der Waals surface area contributed by atoms with E-state index in [9.17, 15) is 13.2 Å². The summed E-state index contributed by atoms with van der Waals surface area (Å²) >= 11 is 0. The fourth-order valence-electron chi connectivity index (χ4n) is 3.60. The molecule has 0 saturated carbocycles. The summed E-state index contributed by atoms with van der Waals surface area (Å²) in [7, 11) is -3.60. The Hall–Kier alpha value is -2.90. The quantitative estimate of drug-likeness (QED) is 0.631. The van der Waals surface area contributed by atoms with E-state index in [0.29, 0.717) is 18.8 Å². The number of ether oxygens (including phenoxy) is 1. The van der Waals surface area contributed by atoms with Crippen LogP contribution >= 0.6 is 0 Å². The Morgan fingerprint density at radius 1 is 0.900 bits per heavy atom. The molecule has 3 aromatic rings. The van der Waals surface area contributed by atoms with E-state index in [2.05, 4.69) is 0 Å². The van der Waals surface area contributed by atoms with Gasteiger partial charge in [-0.15, -0.1) is 0 Å². The van der Waals surface area contributed by atoms with Crippen molar-refractivity contribution in [2.75, 3.05) is 32.8 Å². The molecule has 0 radical (unpaired) electrons. The number of fused-ring (bicyclic) bond motifs is 1. The highest BCUT2D eigenvalue weighted by Crippen LogP contribution is 2.23. The molecule has 6 nitrogen and oxygen atoms in total. The average molecular weight is 425 g/mol. The molecule has 0 aliphatic carbocycles. The van der Waals surface area contributed by atoms with Crippen LogP contribution in [-0.2, 0) is 14.8 Å². The molecule has 30 heavy (non-hydrogen) atoms. The lowest BCUT2D eigenvalue weighted by molar-refractivity contribution is -0.134. The Morgan fingerprint density at radius 3 is 2.37 bits per heavy atom. The predicted octanol–water partition coefficient (Wildman–Crippen LogP) is 3.06. The van der Waals surface area contributed by atoms with Crippen molar-refractivity contribution in [1.29, 1.82) is 0 Å². The van der Waals surface area contributed by atoms with Crippen molar-refractivity contribution in [2.24, 2.45) is 0 Å². The second-order valence-corrected chi connectivity index (χ2v) is 9.34. The summed E-state index contributed by atoms with van der Waals surface area (Å²) in [5.41, 5.74) is 1.06. The Kier molecular flexibility index (Phi) is 5.74. The number of piperazine rings is 1. The molecule has 1 amide bonds. The maximum atomic E-state index is 13.0. The zero-order chi connectivity index (χ0) is 21.1. The zero-order valence-corrected chi connectivity index (χ0v) is 17.6. The van der Waals surface area contributed by atoms with Crippen LogP contribution in [0.1, 0.15) is 5.56 Å². The van der Waals surface area contributed by atoms with E-state index in [1.165, 1.54) is 4.31 Å². The summed E-state index contributed by atoms with van der Waals surface area (Å²) in [6, 6.07) is 20.4. The molecule has 7 heteroatoms. The standard InChI is InChI=1S/C23H24N2O4S/c1-18-5-4-8-21(15-18)29-17-23(26)24-11-13-25(14-12-24)30(27,28)22-10-9-19-6-2-3-7-20(19)16-22/h2-10,15-16H,11-14,17H2,1H3. The van der Waals surface area contributed by atoms with Crippen molar-refractivity contribution in [3.8, 4) is 5.75 Å². The highest BCUT2D eigenvalue weighted by molar-refractivity contribution is 7.89. The predicted molar refractivity (Wildman–Crippen MR) is 116 cm³/mol. The minimum atomic E-state index is -3.60. The Labute approximate surface area is 176 Å². The van der Waals surface area contributed by atoms with Gasteiger partial charge in [0.15, 0.2) is 6.61 Å². The summed E-state index contributed by atoms with van der Waals surface area (Å²) in [6.07, 6.45) is 0. The van der Waals surface area contributed by atoms with Gasteiger partial charge in [-0.1, -0.05) is 42.5 Å². The first-order chi connectivity index (χ1) is 14.4. The average Bonchev–Trinajstić information content (AvgIpc) is 2.77. The van der Waals surface area contributed by atoms with Crippen LogP contribution in [0.25, 0.3) is 10.8 Å². The number of benzene rings is 3. The van der Waals surface area contributed by atoms with Crippen LogP contribution in [-0.4, -0.2) is 56.3 Å². The lowest BCUT2D eigenvalue weighted by atomic mass is 10.1. The fraction of sp³-hybridized carbons (Fsp3) is 0.261. The molecule has 3 aromatic carbocycles. The van der Waals surface area contributed by atoms with Gasteiger partial charge < -0.3 is 9.64 Å². The van der Waals surface area contributed by atoms with Crippen LogP contribution in [0.15, 0.2) is 71.6 Å². The summed E-state index contributed by atoms with van der Waals surface area (Å²) < 4.78 is 33.1. The second-order valence-electron chi connectivity index (χ2n) is 7.40. The first kappa shape index (κ1) is 20.4. The van der Waals surface area contributed by atoms with Gasteiger partial charge in [0.1, 0.15) is 5.75 Å². The maximum absolute atomic E-state index is 13.0. The Bertz CT molecular complexity index is 1170. The summed E-state index contributed by atoms with van der Waals surface area (Å²) in [6.45, 7) is 3.15. The highest BCUT2D eigenvalue weighted by atomic mass is 32.2. The SMILES string of the molecule is Cc1cccc(OCC(=O)N2CCN(S(=O)(=O)c3ccc4ccccc4c3)CC2)c1. The first-order valence-corrected chi connectivity index (χ1v) is 11.3. The van der Waals surface area contributed by atoms with Crippen molar-refractivity contribution < 1.29 is 17.9 Å². The molecular weight excluding hydrogens is 400 g/mol. The lowest BCUT2D eigenvalue weighted by Crippen LogP contribution is -2.51. The number of hydrogen-bond acceptors (Lipinski definition) is 4. The van der Waals surface area contributed by atoms with Gasteiger partial charge in [0.05, 0.1) is 4.90 Å².